The molecule has 0 radical (unpaired) electrons. The number of hydrogen-bond donors (Lipinski definition) is 1. The van der Waals surface area contributed by atoms with Gasteiger partial charge in [0.25, 0.3) is 5.91 Å². The molecule has 1 amide bonds. The fraction of sp³-hybridized carbons (Fsp3) is 0.321. The maximum Gasteiger partial charge on any atom is 0.257 e. The van der Waals surface area contributed by atoms with Crippen LogP contribution in [0, 0.1) is 5.82 Å². The number of piperidine rings is 1. The number of carbonyl (C=O) groups is 1. The molecular weight excluding hydrogens is 551 g/mol. The molecule has 0 spiro atoms. The lowest BCUT2D eigenvalue weighted by Gasteiger charge is -2.33. The molecule has 1 aromatic carbocycles. The minimum atomic E-state index is -0.442. The summed E-state index contributed by atoms with van der Waals surface area (Å²) in [5.41, 5.74) is 2.84. The zero-order chi connectivity index (χ0) is 27.8. The van der Waals surface area contributed by atoms with E-state index in [1.807, 2.05) is 25.7 Å². The lowest BCUT2D eigenvalue weighted by molar-refractivity contribution is -0.110. The molecule has 0 bridgehead atoms. The van der Waals surface area contributed by atoms with Crippen LogP contribution in [0.5, 0.6) is 0 Å². The van der Waals surface area contributed by atoms with Gasteiger partial charge in [0, 0.05) is 55.4 Å². The molecule has 9 nitrogen and oxygen atoms in total. The fourth-order valence-electron chi connectivity index (χ4n) is 5.20. The molecule has 3 aromatic heterocycles. The Morgan fingerprint density at radius 2 is 2.05 bits per heavy atom. The standard InChI is InChI=1S/C28H28ClFN8OS/c1-36(2)10-11-38-15-22(18-3-4-21(30)20(29)13-18)34-26(38)17-5-8-37(9-6-17)27-24-19(14-23-31-7-12-40-23)28(39)35-25(24)32-16-33-27/h3-4,7,12-17H,5-6,8-11H2,1-2H3,(H,32,33,35,39)/b19-14-. The van der Waals surface area contributed by atoms with Crippen LogP contribution in [-0.2, 0) is 11.3 Å². The molecule has 4 aromatic rings. The summed E-state index contributed by atoms with van der Waals surface area (Å²) in [6, 6.07) is 4.73. The van der Waals surface area contributed by atoms with E-state index in [0.29, 0.717) is 11.4 Å². The number of fused-ring (bicyclic) bond motifs is 1. The number of hydrogen-bond acceptors (Lipinski definition) is 8. The van der Waals surface area contributed by atoms with Gasteiger partial charge in [-0.15, -0.1) is 11.3 Å². The highest BCUT2D eigenvalue weighted by Crippen LogP contribution is 2.40. The Kier molecular flexibility index (Phi) is 7.35. The summed E-state index contributed by atoms with van der Waals surface area (Å²) in [6.07, 6.45) is 8.80. The molecule has 5 heterocycles. The van der Waals surface area contributed by atoms with Crippen LogP contribution >= 0.6 is 22.9 Å². The predicted molar refractivity (Wildman–Crippen MR) is 156 cm³/mol. The molecule has 6 rings (SSSR count). The first-order valence-electron chi connectivity index (χ1n) is 13.1. The molecular formula is C28H28ClFN8OS. The van der Waals surface area contributed by atoms with E-state index in [0.717, 1.165) is 72.5 Å². The first-order valence-corrected chi connectivity index (χ1v) is 14.3. The van der Waals surface area contributed by atoms with E-state index in [9.17, 15) is 9.18 Å². The number of aromatic nitrogens is 5. The number of amides is 1. The number of rotatable bonds is 7. The smallest absolute Gasteiger partial charge is 0.257 e. The average Bonchev–Trinajstić information content (AvgIpc) is 3.69. The van der Waals surface area contributed by atoms with Gasteiger partial charge in [0.05, 0.1) is 21.9 Å². The van der Waals surface area contributed by atoms with E-state index in [4.69, 9.17) is 16.6 Å². The summed E-state index contributed by atoms with van der Waals surface area (Å²) in [4.78, 5) is 35.4. The highest BCUT2D eigenvalue weighted by atomic mass is 35.5. The van der Waals surface area contributed by atoms with E-state index in [2.05, 4.69) is 34.6 Å². The normalized spacial score (nSPS) is 16.7. The summed E-state index contributed by atoms with van der Waals surface area (Å²) in [6.45, 7) is 3.17. The Morgan fingerprint density at radius 1 is 1.23 bits per heavy atom. The average molecular weight is 579 g/mol. The van der Waals surface area contributed by atoms with E-state index in [-0.39, 0.29) is 16.8 Å². The van der Waals surface area contributed by atoms with Gasteiger partial charge in [-0.05, 0) is 51.2 Å². The van der Waals surface area contributed by atoms with Crippen molar-refractivity contribution in [3.63, 3.8) is 0 Å². The van der Waals surface area contributed by atoms with Gasteiger partial charge in [0.1, 0.15) is 34.6 Å². The SMILES string of the molecule is CN(C)CCn1cc(-c2ccc(F)c(Cl)c2)nc1C1CCN(c2ncnc3c2/C(=C/c2nccs2)C(=O)N3)CC1. The van der Waals surface area contributed by atoms with E-state index in [1.165, 1.54) is 23.7 Å². The molecule has 206 valence electrons. The maximum atomic E-state index is 13.8. The van der Waals surface area contributed by atoms with Gasteiger partial charge in [-0.3, -0.25) is 4.79 Å². The summed E-state index contributed by atoms with van der Waals surface area (Å²) in [5, 5.41) is 5.60. The van der Waals surface area contributed by atoms with Gasteiger partial charge < -0.3 is 19.7 Å². The third-order valence-corrected chi connectivity index (χ3v) is 8.28. The number of nitrogens with zero attached hydrogens (tertiary/aromatic N) is 7. The lowest BCUT2D eigenvalue weighted by atomic mass is 9.95. The molecule has 0 aliphatic carbocycles. The van der Waals surface area contributed by atoms with E-state index < -0.39 is 5.82 Å². The van der Waals surface area contributed by atoms with Gasteiger partial charge in [0.2, 0.25) is 0 Å². The third-order valence-electron chi connectivity index (χ3n) is 7.26. The minimum Gasteiger partial charge on any atom is -0.356 e. The Morgan fingerprint density at radius 3 is 2.77 bits per heavy atom. The Balaban J connectivity index is 1.26. The summed E-state index contributed by atoms with van der Waals surface area (Å²) in [5.74, 6) is 1.90. The van der Waals surface area contributed by atoms with Crippen molar-refractivity contribution in [1.29, 1.82) is 0 Å². The van der Waals surface area contributed by atoms with Crippen molar-refractivity contribution in [3.05, 3.63) is 69.5 Å². The second kappa shape index (κ2) is 11.1. The van der Waals surface area contributed by atoms with Gasteiger partial charge in [-0.25, -0.2) is 24.3 Å². The zero-order valence-electron chi connectivity index (χ0n) is 22.1. The van der Waals surface area contributed by atoms with Crippen LogP contribution in [0.4, 0.5) is 16.0 Å². The van der Waals surface area contributed by atoms with Crippen molar-refractivity contribution in [1.82, 2.24) is 29.4 Å². The molecule has 0 unspecified atom stereocenters. The molecule has 40 heavy (non-hydrogen) atoms. The molecule has 1 N–H and O–H groups in total. The zero-order valence-corrected chi connectivity index (χ0v) is 23.7. The van der Waals surface area contributed by atoms with Crippen molar-refractivity contribution in [2.75, 3.05) is 43.9 Å². The van der Waals surface area contributed by atoms with Crippen molar-refractivity contribution < 1.29 is 9.18 Å². The van der Waals surface area contributed by atoms with E-state index >= 15 is 0 Å². The number of anilines is 2. The number of carbonyl (C=O) groups excluding carboxylic acids is 1. The molecule has 2 aliphatic rings. The molecule has 1 saturated heterocycles. The summed E-state index contributed by atoms with van der Waals surface area (Å²) >= 11 is 7.54. The second-order valence-electron chi connectivity index (χ2n) is 10.2. The Hall–Kier alpha value is -3.67. The van der Waals surface area contributed by atoms with Gasteiger partial charge in [0.15, 0.2) is 0 Å². The first-order chi connectivity index (χ1) is 19.4. The number of imidazole rings is 1. The van der Waals surface area contributed by atoms with Crippen molar-refractivity contribution in [2.24, 2.45) is 0 Å². The highest BCUT2D eigenvalue weighted by Gasteiger charge is 2.33. The van der Waals surface area contributed by atoms with Crippen LogP contribution in [0.15, 0.2) is 42.3 Å². The third kappa shape index (κ3) is 5.24. The molecule has 1 fully saturated rings. The highest BCUT2D eigenvalue weighted by molar-refractivity contribution is 7.10. The van der Waals surface area contributed by atoms with Crippen LogP contribution in [0.1, 0.15) is 35.2 Å². The molecule has 0 atom stereocenters. The van der Waals surface area contributed by atoms with Gasteiger partial charge in [-0.1, -0.05) is 11.6 Å². The number of benzene rings is 1. The van der Waals surface area contributed by atoms with Gasteiger partial charge >= 0.3 is 0 Å². The van der Waals surface area contributed by atoms with Gasteiger partial charge in [-0.2, -0.15) is 0 Å². The van der Waals surface area contributed by atoms with Crippen molar-refractivity contribution in [3.8, 4) is 11.3 Å². The maximum absolute atomic E-state index is 13.8. The minimum absolute atomic E-state index is 0.0869. The van der Waals surface area contributed by atoms with Crippen LogP contribution in [-0.4, -0.2) is 69.0 Å². The van der Waals surface area contributed by atoms with Crippen LogP contribution < -0.4 is 10.2 Å². The van der Waals surface area contributed by atoms with E-state index in [1.54, 1.807) is 24.4 Å². The summed E-state index contributed by atoms with van der Waals surface area (Å²) in [7, 11) is 4.10. The predicted octanol–water partition coefficient (Wildman–Crippen LogP) is 5.03. The van der Waals surface area contributed by atoms with Crippen LogP contribution in [0.3, 0.4) is 0 Å². The number of halogens is 2. The van der Waals surface area contributed by atoms with Crippen LogP contribution in [0.2, 0.25) is 5.02 Å². The number of likely N-dealkylation sites (N-methyl/N-ethyl adjacent to an activating group) is 1. The lowest BCUT2D eigenvalue weighted by Crippen LogP contribution is -2.35. The largest absolute Gasteiger partial charge is 0.356 e. The second-order valence-corrected chi connectivity index (χ2v) is 11.5. The quantitative estimate of drug-likeness (QED) is 0.308. The molecule has 12 heteroatoms. The van der Waals surface area contributed by atoms with Crippen LogP contribution in [0.25, 0.3) is 22.9 Å². The van der Waals surface area contributed by atoms with Crippen molar-refractivity contribution >= 4 is 52.1 Å². The topological polar surface area (TPSA) is 92.1 Å². The van der Waals surface area contributed by atoms with Crippen molar-refractivity contribution in [2.45, 2.75) is 25.3 Å². The first kappa shape index (κ1) is 26.5. The Bertz CT molecular complexity index is 1580. The summed E-state index contributed by atoms with van der Waals surface area (Å²) < 4.78 is 16.0. The Labute approximate surface area is 240 Å². The number of nitrogens with one attached hydrogen (secondary N) is 1. The molecule has 2 aliphatic heterocycles. The fourth-order valence-corrected chi connectivity index (χ4v) is 5.95. The molecule has 0 saturated carbocycles. The number of thiazole rings is 1. The monoisotopic (exact) mass is 578 g/mol.